The van der Waals surface area contributed by atoms with Gasteiger partial charge in [0.1, 0.15) is 12.4 Å². The van der Waals surface area contributed by atoms with Gasteiger partial charge >= 0.3 is 0 Å². The fourth-order valence-corrected chi connectivity index (χ4v) is 2.44. The summed E-state index contributed by atoms with van der Waals surface area (Å²) >= 11 is 3.36. The van der Waals surface area contributed by atoms with Crippen LogP contribution in [0.2, 0.25) is 0 Å². The van der Waals surface area contributed by atoms with Crippen molar-refractivity contribution in [3.8, 4) is 11.8 Å². The number of rotatable bonds is 8. The minimum absolute atomic E-state index is 0.0152. The zero-order chi connectivity index (χ0) is 18.9. The number of ketones is 1. The van der Waals surface area contributed by atoms with Crippen molar-refractivity contribution in [2.24, 2.45) is 0 Å². The van der Waals surface area contributed by atoms with E-state index in [1.807, 2.05) is 43.2 Å². The van der Waals surface area contributed by atoms with Gasteiger partial charge in [-0.25, -0.2) is 0 Å². The molecule has 2 aromatic rings. The van der Waals surface area contributed by atoms with Gasteiger partial charge in [0.2, 0.25) is 0 Å². The molecule has 0 fully saturated rings. The first kappa shape index (κ1) is 19.9. The fraction of sp³-hybridized carbons (Fsp3) is 0.238. The molecular formula is C21H21BrN2O2. The third kappa shape index (κ3) is 5.83. The van der Waals surface area contributed by atoms with Crippen molar-refractivity contribution < 1.29 is 9.53 Å². The molecule has 0 aromatic heterocycles. The third-order valence-corrected chi connectivity index (χ3v) is 4.51. The van der Waals surface area contributed by atoms with Crippen LogP contribution in [-0.2, 0) is 0 Å². The van der Waals surface area contributed by atoms with E-state index in [1.54, 1.807) is 36.4 Å². The molecule has 0 amide bonds. The molecule has 1 atom stereocenters. The number of likely N-dealkylation sites (N-methyl/N-ethyl adjacent to an activating group) is 1. The lowest BCUT2D eigenvalue weighted by Crippen LogP contribution is -2.27. The Kier molecular flexibility index (Phi) is 7.58. The standard InChI is InChI=1S/C21H21BrN2O2/c1-16(15-23)24(2)13-3-4-14-26-20-11-7-18(8-12-20)21(25)17-5-9-19(22)10-6-17/h3-12,16H,13-14H2,1-2H3. The van der Waals surface area contributed by atoms with Crippen molar-refractivity contribution in [2.75, 3.05) is 20.2 Å². The molecule has 1 unspecified atom stereocenters. The molecule has 26 heavy (non-hydrogen) atoms. The van der Waals surface area contributed by atoms with Crippen LogP contribution in [0.25, 0.3) is 0 Å². The van der Waals surface area contributed by atoms with Crippen LogP contribution in [0.5, 0.6) is 5.75 Å². The first-order chi connectivity index (χ1) is 12.5. The Morgan fingerprint density at radius 3 is 2.31 bits per heavy atom. The van der Waals surface area contributed by atoms with Crippen molar-refractivity contribution >= 4 is 21.7 Å². The van der Waals surface area contributed by atoms with E-state index in [-0.39, 0.29) is 11.8 Å². The second-order valence-electron chi connectivity index (χ2n) is 5.89. The number of nitrogens with zero attached hydrogens (tertiary/aromatic N) is 2. The summed E-state index contributed by atoms with van der Waals surface area (Å²) < 4.78 is 6.59. The number of ether oxygens (including phenoxy) is 1. The molecule has 0 aliphatic heterocycles. The van der Waals surface area contributed by atoms with Crippen LogP contribution in [0.3, 0.4) is 0 Å². The normalized spacial score (nSPS) is 12.1. The number of hydrogen-bond acceptors (Lipinski definition) is 4. The van der Waals surface area contributed by atoms with Crippen molar-refractivity contribution in [3.63, 3.8) is 0 Å². The average Bonchev–Trinajstić information content (AvgIpc) is 2.67. The molecular weight excluding hydrogens is 392 g/mol. The maximum atomic E-state index is 12.4. The predicted octanol–water partition coefficient (Wildman–Crippen LogP) is 4.46. The summed E-state index contributed by atoms with van der Waals surface area (Å²) in [6.45, 7) is 2.99. The molecule has 0 aliphatic carbocycles. The molecule has 0 bridgehead atoms. The Morgan fingerprint density at radius 1 is 1.15 bits per heavy atom. The van der Waals surface area contributed by atoms with E-state index >= 15 is 0 Å². The van der Waals surface area contributed by atoms with Crippen LogP contribution in [0.4, 0.5) is 0 Å². The maximum Gasteiger partial charge on any atom is 0.193 e. The number of benzene rings is 2. The molecule has 0 saturated heterocycles. The van der Waals surface area contributed by atoms with E-state index in [1.165, 1.54) is 0 Å². The molecule has 2 rings (SSSR count). The smallest absolute Gasteiger partial charge is 0.193 e. The second kappa shape index (κ2) is 9.91. The van der Waals surface area contributed by atoms with E-state index in [2.05, 4.69) is 22.0 Å². The van der Waals surface area contributed by atoms with Crippen LogP contribution in [0.15, 0.2) is 65.2 Å². The minimum atomic E-state index is -0.114. The summed E-state index contributed by atoms with van der Waals surface area (Å²) in [4.78, 5) is 14.4. The quantitative estimate of drug-likeness (QED) is 0.474. The molecule has 0 aliphatic rings. The number of hydrogen-bond donors (Lipinski definition) is 0. The summed E-state index contributed by atoms with van der Waals surface area (Å²) in [5.41, 5.74) is 1.28. The van der Waals surface area contributed by atoms with E-state index < -0.39 is 0 Å². The van der Waals surface area contributed by atoms with Gasteiger partial charge in [0.05, 0.1) is 12.1 Å². The Balaban J connectivity index is 1.85. The van der Waals surface area contributed by atoms with Gasteiger partial charge in [0.15, 0.2) is 5.78 Å². The van der Waals surface area contributed by atoms with Gasteiger partial charge in [-0.1, -0.05) is 28.1 Å². The zero-order valence-corrected chi connectivity index (χ0v) is 16.4. The highest BCUT2D eigenvalue weighted by atomic mass is 79.9. The third-order valence-electron chi connectivity index (χ3n) is 3.98. The summed E-state index contributed by atoms with van der Waals surface area (Å²) in [5, 5.41) is 8.84. The van der Waals surface area contributed by atoms with E-state index in [0.717, 1.165) is 4.47 Å². The van der Waals surface area contributed by atoms with Gasteiger partial charge in [-0.05, 0) is 62.5 Å². The lowest BCUT2D eigenvalue weighted by molar-refractivity contribution is 0.103. The molecule has 0 heterocycles. The van der Waals surface area contributed by atoms with E-state index in [9.17, 15) is 4.79 Å². The van der Waals surface area contributed by atoms with Crippen LogP contribution < -0.4 is 4.74 Å². The second-order valence-corrected chi connectivity index (χ2v) is 6.80. The van der Waals surface area contributed by atoms with Gasteiger partial charge in [-0.15, -0.1) is 0 Å². The molecule has 0 N–H and O–H groups in total. The predicted molar refractivity (Wildman–Crippen MR) is 106 cm³/mol. The van der Waals surface area contributed by atoms with Gasteiger partial charge < -0.3 is 4.74 Å². The largest absolute Gasteiger partial charge is 0.490 e. The lowest BCUT2D eigenvalue weighted by Gasteiger charge is -2.16. The zero-order valence-electron chi connectivity index (χ0n) is 14.9. The minimum Gasteiger partial charge on any atom is -0.490 e. The lowest BCUT2D eigenvalue weighted by atomic mass is 10.0. The van der Waals surface area contributed by atoms with Gasteiger partial charge in [-0.2, -0.15) is 5.26 Å². The van der Waals surface area contributed by atoms with Crippen molar-refractivity contribution in [1.29, 1.82) is 5.26 Å². The summed E-state index contributed by atoms with van der Waals surface area (Å²) in [6, 6.07) is 16.5. The van der Waals surface area contributed by atoms with Crippen LogP contribution in [0.1, 0.15) is 22.8 Å². The summed E-state index contributed by atoms with van der Waals surface area (Å²) in [5.74, 6) is 0.694. The SMILES string of the molecule is CC(C#N)N(C)CC=CCOc1ccc(C(=O)c2ccc(Br)cc2)cc1. The topological polar surface area (TPSA) is 53.3 Å². The first-order valence-corrected chi connectivity index (χ1v) is 9.08. The summed E-state index contributed by atoms with van der Waals surface area (Å²) in [7, 11) is 1.90. The summed E-state index contributed by atoms with van der Waals surface area (Å²) in [6.07, 6.45) is 3.89. The Labute approximate surface area is 162 Å². The Hall–Kier alpha value is -2.42. The van der Waals surface area contributed by atoms with Crippen molar-refractivity contribution in [3.05, 3.63) is 76.3 Å². The van der Waals surface area contributed by atoms with Crippen molar-refractivity contribution in [1.82, 2.24) is 4.90 Å². The molecule has 0 spiro atoms. The maximum absolute atomic E-state index is 12.4. The van der Waals surface area contributed by atoms with Crippen LogP contribution in [0, 0.1) is 11.3 Å². The van der Waals surface area contributed by atoms with Gasteiger partial charge in [-0.3, -0.25) is 9.69 Å². The molecule has 134 valence electrons. The van der Waals surface area contributed by atoms with Crippen molar-refractivity contribution in [2.45, 2.75) is 13.0 Å². The molecule has 0 saturated carbocycles. The van der Waals surface area contributed by atoms with Gasteiger partial charge in [0.25, 0.3) is 0 Å². The Morgan fingerprint density at radius 2 is 1.73 bits per heavy atom. The Bertz CT molecular complexity index is 792. The monoisotopic (exact) mass is 412 g/mol. The highest BCUT2D eigenvalue weighted by Gasteiger charge is 2.09. The molecule has 5 heteroatoms. The fourth-order valence-electron chi connectivity index (χ4n) is 2.18. The highest BCUT2D eigenvalue weighted by molar-refractivity contribution is 9.10. The van der Waals surface area contributed by atoms with Gasteiger partial charge in [0, 0.05) is 22.1 Å². The number of carbonyl (C=O) groups is 1. The van der Waals surface area contributed by atoms with Crippen LogP contribution >= 0.6 is 15.9 Å². The van der Waals surface area contributed by atoms with E-state index in [0.29, 0.717) is 30.0 Å². The molecule has 2 aromatic carbocycles. The number of nitriles is 1. The molecule has 0 radical (unpaired) electrons. The number of halogens is 1. The first-order valence-electron chi connectivity index (χ1n) is 8.29. The molecule has 4 nitrogen and oxygen atoms in total. The van der Waals surface area contributed by atoms with E-state index in [4.69, 9.17) is 10.00 Å². The number of carbonyl (C=O) groups excluding carboxylic acids is 1. The average molecular weight is 413 g/mol. The van der Waals surface area contributed by atoms with Crippen LogP contribution in [-0.4, -0.2) is 36.9 Å². The highest BCUT2D eigenvalue weighted by Crippen LogP contribution is 2.17.